The Kier molecular flexibility index (Phi) is 4.90. The highest BCUT2D eigenvalue weighted by atomic mass is 19.1. The zero-order valence-electron chi connectivity index (χ0n) is 11.2. The zero-order chi connectivity index (χ0) is 14.4. The minimum absolute atomic E-state index is 0.0621. The van der Waals surface area contributed by atoms with Crippen molar-refractivity contribution < 1.29 is 18.3 Å². The maximum Gasteiger partial charge on any atom is 0.257 e. The topological polar surface area (TPSA) is 42.7 Å². The van der Waals surface area contributed by atoms with Gasteiger partial charge in [-0.25, -0.2) is 4.39 Å². The van der Waals surface area contributed by atoms with E-state index in [0.29, 0.717) is 19.7 Å². The quantitative estimate of drug-likeness (QED) is 0.815. The maximum atomic E-state index is 13.7. The van der Waals surface area contributed by atoms with Gasteiger partial charge in [-0.15, -0.1) is 0 Å². The van der Waals surface area contributed by atoms with Gasteiger partial charge in [0.25, 0.3) is 5.91 Å². The lowest BCUT2D eigenvalue weighted by Gasteiger charge is -2.22. The van der Waals surface area contributed by atoms with Crippen LogP contribution in [0.3, 0.4) is 0 Å². The predicted molar refractivity (Wildman–Crippen MR) is 71.7 cm³/mol. The molecule has 5 heteroatoms. The van der Waals surface area contributed by atoms with Crippen molar-refractivity contribution in [1.29, 1.82) is 0 Å². The average molecular weight is 277 g/mol. The molecule has 0 bridgehead atoms. The van der Waals surface area contributed by atoms with Crippen LogP contribution >= 0.6 is 0 Å². The van der Waals surface area contributed by atoms with Crippen LogP contribution in [0, 0.1) is 5.82 Å². The summed E-state index contributed by atoms with van der Waals surface area (Å²) < 4.78 is 23.7. The minimum Gasteiger partial charge on any atom is -0.472 e. The van der Waals surface area contributed by atoms with Crippen LogP contribution in [0.25, 0.3) is 0 Å². The monoisotopic (exact) mass is 277 g/mol. The minimum atomic E-state index is -0.521. The third kappa shape index (κ3) is 3.45. The predicted octanol–water partition coefficient (Wildman–Crippen LogP) is 2.71. The molecule has 1 aromatic carbocycles. The molecule has 20 heavy (non-hydrogen) atoms. The van der Waals surface area contributed by atoms with Crippen LogP contribution in [-0.4, -0.2) is 31.1 Å². The van der Waals surface area contributed by atoms with E-state index >= 15 is 0 Å². The summed E-state index contributed by atoms with van der Waals surface area (Å²) in [6.07, 6.45) is 3.10. The van der Waals surface area contributed by atoms with Gasteiger partial charge in [-0.1, -0.05) is 12.1 Å². The van der Waals surface area contributed by atoms with Crippen LogP contribution in [0.4, 0.5) is 4.39 Å². The smallest absolute Gasteiger partial charge is 0.257 e. The number of hydrogen-bond donors (Lipinski definition) is 0. The Morgan fingerprint density at radius 1 is 1.35 bits per heavy atom. The van der Waals surface area contributed by atoms with Gasteiger partial charge in [-0.05, 0) is 18.2 Å². The van der Waals surface area contributed by atoms with Crippen LogP contribution in [0.1, 0.15) is 15.9 Å². The number of benzene rings is 1. The molecule has 106 valence electrons. The number of hydrogen-bond acceptors (Lipinski definition) is 3. The van der Waals surface area contributed by atoms with E-state index in [-0.39, 0.29) is 11.5 Å². The second-order valence-corrected chi connectivity index (χ2v) is 4.33. The Labute approximate surface area is 116 Å². The molecule has 1 heterocycles. The Bertz CT molecular complexity index is 554. The van der Waals surface area contributed by atoms with Gasteiger partial charge < -0.3 is 14.1 Å². The van der Waals surface area contributed by atoms with Crippen LogP contribution < -0.4 is 0 Å². The van der Waals surface area contributed by atoms with E-state index < -0.39 is 5.82 Å². The van der Waals surface area contributed by atoms with Gasteiger partial charge in [-0.3, -0.25) is 4.79 Å². The summed E-state index contributed by atoms with van der Waals surface area (Å²) in [4.78, 5) is 13.9. The molecule has 0 unspecified atom stereocenters. The average Bonchev–Trinajstić information content (AvgIpc) is 2.96. The number of methoxy groups -OCH3 is 1. The van der Waals surface area contributed by atoms with Gasteiger partial charge in [0.05, 0.1) is 24.7 Å². The van der Waals surface area contributed by atoms with E-state index in [4.69, 9.17) is 9.15 Å². The number of furan rings is 1. The van der Waals surface area contributed by atoms with Crippen molar-refractivity contribution in [2.75, 3.05) is 20.3 Å². The molecule has 0 saturated carbocycles. The fourth-order valence-electron chi connectivity index (χ4n) is 1.86. The molecular weight excluding hydrogens is 261 g/mol. The van der Waals surface area contributed by atoms with Crippen LogP contribution in [0.15, 0.2) is 47.3 Å². The molecule has 0 saturated heterocycles. The molecule has 0 fully saturated rings. The SMILES string of the molecule is COCCN(Cc1ccoc1)C(=O)c1ccccc1F. The first kappa shape index (κ1) is 14.3. The van der Waals surface area contributed by atoms with Crippen molar-refractivity contribution in [1.82, 2.24) is 4.90 Å². The third-order valence-electron chi connectivity index (χ3n) is 2.91. The molecule has 0 aliphatic carbocycles. The third-order valence-corrected chi connectivity index (χ3v) is 2.91. The number of carbonyl (C=O) groups is 1. The molecule has 0 aliphatic rings. The van der Waals surface area contributed by atoms with Gasteiger partial charge in [0, 0.05) is 25.8 Å². The second kappa shape index (κ2) is 6.86. The largest absolute Gasteiger partial charge is 0.472 e. The number of rotatable bonds is 6. The fraction of sp³-hybridized carbons (Fsp3) is 0.267. The van der Waals surface area contributed by atoms with E-state index in [0.717, 1.165) is 5.56 Å². The molecule has 4 nitrogen and oxygen atoms in total. The van der Waals surface area contributed by atoms with Crippen LogP contribution in [-0.2, 0) is 11.3 Å². The fourth-order valence-corrected chi connectivity index (χ4v) is 1.86. The number of carbonyl (C=O) groups excluding carboxylic acids is 1. The van der Waals surface area contributed by atoms with Crippen molar-refractivity contribution in [3.8, 4) is 0 Å². The Hall–Kier alpha value is -2.14. The second-order valence-electron chi connectivity index (χ2n) is 4.33. The first-order chi connectivity index (χ1) is 9.72. The van der Waals surface area contributed by atoms with Gasteiger partial charge >= 0.3 is 0 Å². The summed E-state index contributed by atoms with van der Waals surface area (Å²) in [7, 11) is 1.56. The van der Waals surface area contributed by atoms with E-state index in [1.165, 1.54) is 23.3 Å². The van der Waals surface area contributed by atoms with Gasteiger partial charge in [-0.2, -0.15) is 0 Å². The lowest BCUT2D eigenvalue weighted by molar-refractivity contribution is 0.0675. The van der Waals surface area contributed by atoms with Gasteiger partial charge in [0.15, 0.2) is 0 Å². The van der Waals surface area contributed by atoms with Crippen molar-refractivity contribution in [3.05, 3.63) is 59.8 Å². The molecule has 0 spiro atoms. The standard InChI is InChI=1S/C15H16FNO3/c1-19-9-7-17(10-12-6-8-20-11-12)15(18)13-4-2-3-5-14(13)16/h2-6,8,11H,7,9-10H2,1H3. The van der Waals surface area contributed by atoms with Gasteiger partial charge in [0.1, 0.15) is 5.82 Å². The van der Waals surface area contributed by atoms with Crippen molar-refractivity contribution in [3.63, 3.8) is 0 Å². The first-order valence-corrected chi connectivity index (χ1v) is 6.26. The number of halogens is 1. The van der Waals surface area contributed by atoms with Crippen molar-refractivity contribution >= 4 is 5.91 Å². The molecular formula is C15H16FNO3. The van der Waals surface area contributed by atoms with E-state index in [1.54, 1.807) is 31.6 Å². The summed E-state index contributed by atoms with van der Waals surface area (Å²) in [6.45, 7) is 1.12. The van der Waals surface area contributed by atoms with Crippen LogP contribution in [0.5, 0.6) is 0 Å². The number of nitrogens with zero attached hydrogens (tertiary/aromatic N) is 1. The van der Waals surface area contributed by atoms with E-state index in [2.05, 4.69) is 0 Å². The highest BCUT2D eigenvalue weighted by molar-refractivity contribution is 5.94. The first-order valence-electron chi connectivity index (χ1n) is 6.26. The number of ether oxygens (including phenoxy) is 1. The summed E-state index contributed by atoms with van der Waals surface area (Å²) in [5, 5.41) is 0. The lowest BCUT2D eigenvalue weighted by Crippen LogP contribution is -2.33. The normalized spacial score (nSPS) is 10.5. The van der Waals surface area contributed by atoms with E-state index in [9.17, 15) is 9.18 Å². The van der Waals surface area contributed by atoms with Crippen molar-refractivity contribution in [2.45, 2.75) is 6.54 Å². The molecule has 0 N–H and O–H groups in total. The molecule has 2 aromatic rings. The Morgan fingerprint density at radius 2 is 2.15 bits per heavy atom. The maximum absolute atomic E-state index is 13.7. The van der Waals surface area contributed by atoms with E-state index in [1.807, 2.05) is 0 Å². The summed E-state index contributed by atoms with van der Waals surface area (Å²) >= 11 is 0. The molecule has 0 aliphatic heterocycles. The summed E-state index contributed by atoms with van der Waals surface area (Å²) in [5.74, 6) is -0.881. The van der Waals surface area contributed by atoms with Crippen molar-refractivity contribution in [2.24, 2.45) is 0 Å². The highest BCUT2D eigenvalue weighted by Crippen LogP contribution is 2.13. The van der Waals surface area contributed by atoms with Gasteiger partial charge in [0.2, 0.25) is 0 Å². The molecule has 1 amide bonds. The molecule has 2 rings (SSSR count). The summed E-state index contributed by atoms with van der Waals surface area (Å²) in [6, 6.07) is 7.73. The van der Waals surface area contributed by atoms with Crippen LogP contribution in [0.2, 0.25) is 0 Å². The zero-order valence-corrected chi connectivity index (χ0v) is 11.2. The lowest BCUT2D eigenvalue weighted by atomic mass is 10.1. The Balaban J connectivity index is 2.17. The summed E-state index contributed by atoms with van der Waals surface area (Å²) in [5.41, 5.74) is 0.915. The molecule has 1 aromatic heterocycles. The Morgan fingerprint density at radius 3 is 2.80 bits per heavy atom. The molecule has 0 atom stereocenters. The molecule has 0 radical (unpaired) electrons. The number of amides is 1. The highest BCUT2D eigenvalue weighted by Gasteiger charge is 2.19.